The third-order valence-electron chi connectivity index (χ3n) is 4.04. The summed E-state index contributed by atoms with van der Waals surface area (Å²) in [5.74, 6) is -0.372. The summed E-state index contributed by atoms with van der Waals surface area (Å²) >= 11 is 0. The highest BCUT2D eigenvalue weighted by atomic mass is 19.4. The highest BCUT2D eigenvalue weighted by Gasteiger charge is 2.30. The van der Waals surface area contributed by atoms with E-state index in [2.05, 4.69) is 15.0 Å². The fraction of sp³-hybridized carbons (Fsp3) is 0.409. The number of methoxy groups -OCH3 is 1. The molecule has 0 saturated carbocycles. The summed E-state index contributed by atoms with van der Waals surface area (Å²) in [7, 11) is 1.23. The van der Waals surface area contributed by atoms with Crippen LogP contribution in [-0.4, -0.2) is 42.4 Å². The number of nitrogens with one attached hydrogen (secondary N) is 1. The summed E-state index contributed by atoms with van der Waals surface area (Å²) < 4.78 is 54.6. The van der Waals surface area contributed by atoms with Crippen LogP contribution in [0.4, 0.5) is 18.0 Å². The first-order valence-electron chi connectivity index (χ1n) is 9.69. The van der Waals surface area contributed by atoms with Crippen molar-refractivity contribution in [2.75, 3.05) is 13.7 Å². The predicted octanol–water partition coefficient (Wildman–Crippen LogP) is 4.40. The number of pyridine rings is 1. The van der Waals surface area contributed by atoms with Crippen LogP contribution in [0.15, 0.2) is 42.7 Å². The molecule has 0 aliphatic heterocycles. The van der Waals surface area contributed by atoms with Gasteiger partial charge in [0.1, 0.15) is 18.0 Å². The van der Waals surface area contributed by atoms with E-state index in [1.54, 1.807) is 20.8 Å². The molecular formula is C22H25F3N2O5. The maximum Gasteiger partial charge on any atom is 0.416 e. The minimum absolute atomic E-state index is 0.0489. The number of halogens is 3. The van der Waals surface area contributed by atoms with Crippen LogP contribution in [-0.2, 0) is 22.1 Å². The van der Waals surface area contributed by atoms with Crippen LogP contribution in [0.5, 0.6) is 5.75 Å². The number of ether oxygens (including phenoxy) is 3. The Balaban J connectivity index is 2.18. The van der Waals surface area contributed by atoms with Crippen molar-refractivity contribution in [3.05, 3.63) is 59.4 Å². The monoisotopic (exact) mass is 454 g/mol. The molecule has 0 unspecified atom stereocenters. The third-order valence-corrected chi connectivity index (χ3v) is 4.04. The molecule has 1 heterocycles. The van der Waals surface area contributed by atoms with E-state index in [9.17, 15) is 22.8 Å². The Morgan fingerprint density at radius 1 is 1.12 bits per heavy atom. The average Bonchev–Trinajstić information content (AvgIpc) is 2.70. The van der Waals surface area contributed by atoms with Gasteiger partial charge in [-0.15, -0.1) is 0 Å². The highest BCUT2D eigenvalue weighted by molar-refractivity contribution is 5.89. The molecule has 2 aromatic rings. The normalized spacial score (nSPS) is 12.6. The molecule has 0 aliphatic carbocycles. The molecule has 7 nitrogen and oxygen atoms in total. The first kappa shape index (κ1) is 25.0. The number of hydrogen-bond acceptors (Lipinski definition) is 6. The average molecular weight is 454 g/mol. The van der Waals surface area contributed by atoms with Crippen molar-refractivity contribution in [2.45, 2.75) is 45.0 Å². The molecular weight excluding hydrogens is 429 g/mol. The topological polar surface area (TPSA) is 86.8 Å². The second kappa shape index (κ2) is 10.3. The van der Waals surface area contributed by atoms with Gasteiger partial charge in [0.2, 0.25) is 0 Å². The van der Waals surface area contributed by atoms with E-state index in [-0.39, 0.29) is 24.3 Å². The molecule has 1 aromatic heterocycles. The maximum absolute atomic E-state index is 13.0. The second-order valence-corrected chi connectivity index (χ2v) is 7.96. The molecule has 174 valence electrons. The molecule has 1 N–H and O–H groups in total. The maximum atomic E-state index is 13.0. The summed E-state index contributed by atoms with van der Waals surface area (Å²) in [6.45, 7) is 4.96. The van der Waals surface area contributed by atoms with E-state index in [1.165, 1.54) is 37.7 Å². The Hall–Kier alpha value is -3.30. The molecule has 0 aliphatic rings. The third kappa shape index (κ3) is 8.09. The molecule has 0 bridgehead atoms. The van der Waals surface area contributed by atoms with Crippen LogP contribution in [0.3, 0.4) is 0 Å². The van der Waals surface area contributed by atoms with Gasteiger partial charge in [-0.2, -0.15) is 13.2 Å². The Bertz CT molecular complexity index is 942. The number of esters is 1. The van der Waals surface area contributed by atoms with Crippen LogP contribution in [0.1, 0.15) is 42.3 Å². The Morgan fingerprint density at radius 3 is 2.47 bits per heavy atom. The van der Waals surface area contributed by atoms with Crippen LogP contribution >= 0.6 is 0 Å². The summed E-state index contributed by atoms with van der Waals surface area (Å²) in [6.07, 6.45) is -2.51. The lowest BCUT2D eigenvalue weighted by Gasteiger charge is -2.24. The smallest absolute Gasteiger partial charge is 0.416 e. The second-order valence-electron chi connectivity index (χ2n) is 7.96. The van der Waals surface area contributed by atoms with Crippen molar-refractivity contribution in [1.82, 2.24) is 10.3 Å². The van der Waals surface area contributed by atoms with E-state index < -0.39 is 35.4 Å². The Morgan fingerprint density at radius 2 is 1.84 bits per heavy atom. The number of hydrogen-bond donors (Lipinski definition) is 1. The van der Waals surface area contributed by atoms with Gasteiger partial charge in [0.15, 0.2) is 0 Å². The van der Waals surface area contributed by atoms with E-state index >= 15 is 0 Å². The number of amides is 1. The van der Waals surface area contributed by atoms with Gasteiger partial charge in [-0.05, 0) is 44.9 Å². The molecule has 2 rings (SSSR count). The number of alkyl carbamates (subject to hydrolysis) is 1. The standard InChI is InChI=1S/C22H25F3N2O5/c1-21(2,3)32-20(29)27-17(9-14-6-5-7-16(8-14)22(23,24)25)13-31-18-10-15(11-26-12-18)19(28)30-4/h5-8,10-12,17H,9,13H2,1-4H3,(H,27,29)/t17-/m0/s1. The lowest BCUT2D eigenvalue weighted by molar-refractivity contribution is -0.137. The summed E-state index contributed by atoms with van der Waals surface area (Å²) in [4.78, 5) is 27.8. The van der Waals surface area contributed by atoms with Gasteiger partial charge in [0.05, 0.1) is 30.5 Å². The molecule has 0 spiro atoms. The molecule has 32 heavy (non-hydrogen) atoms. The van der Waals surface area contributed by atoms with Crippen molar-refractivity contribution in [2.24, 2.45) is 0 Å². The molecule has 1 amide bonds. The van der Waals surface area contributed by atoms with Crippen molar-refractivity contribution in [3.63, 3.8) is 0 Å². The van der Waals surface area contributed by atoms with Crippen molar-refractivity contribution >= 4 is 12.1 Å². The fourth-order valence-electron chi connectivity index (χ4n) is 2.71. The van der Waals surface area contributed by atoms with Gasteiger partial charge in [0, 0.05) is 6.20 Å². The quantitative estimate of drug-likeness (QED) is 0.624. The highest BCUT2D eigenvalue weighted by Crippen LogP contribution is 2.29. The lowest BCUT2D eigenvalue weighted by atomic mass is 10.0. The van der Waals surface area contributed by atoms with E-state index in [1.807, 2.05) is 0 Å². The number of carbonyl (C=O) groups is 2. The SMILES string of the molecule is COC(=O)c1cncc(OC[C@H](Cc2cccc(C(F)(F)F)c2)NC(=O)OC(C)(C)C)c1. The van der Waals surface area contributed by atoms with Crippen LogP contribution in [0.2, 0.25) is 0 Å². The van der Waals surface area contributed by atoms with Crippen LogP contribution < -0.4 is 10.1 Å². The number of rotatable bonds is 7. The molecule has 0 radical (unpaired) electrons. The van der Waals surface area contributed by atoms with Crippen molar-refractivity contribution in [3.8, 4) is 5.75 Å². The molecule has 1 aromatic carbocycles. The molecule has 0 saturated heterocycles. The van der Waals surface area contributed by atoms with E-state index in [0.29, 0.717) is 5.56 Å². The predicted molar refractivity (Wildman–Crippen MR) is 109 cm³/mol. The molecule has 0 fully saturated rings. The number of carbonyl (C=O) groups excluding carboxylic acids is 2. The largest absolute Gasteiger partial charge is 0.490 e. The zero-order chi connectivity index (χ0) is 23.9. The van der Waals surface area contributed by atoms with Crippen LogP contribution in [0.25, 0.3) is 0 Å². The summed E-state index contributed by atoms with van der Waals surface area (Å²) in [6, 6.07) is 5.50. The summed E-state index contributed by atoms with van der Waals surface area (Å²) in [5.41, 5.74) is -1.03. The van der Waals surface area contributed by atoms with Gasteiger partial charge in [0.25, 0.3) is 0 Å². The molecule has 10 heteroatoms. The number of aromatic nitrogens is 1. The Labute approximate surface area is 183 Å². The number of nitrogens with zero attached hydrogens (tertiary/aromatic N) is 1. The first-order valence-corrected chi connectivity index (χ1v) is 9.69. The zero-order valence-corrected chi connectivity index (χ0v) is 18.2. The van der Waals surface area contributed by atoms with Crippen molar-refractivity contribution in [1.29, 1.82) is 0 Å². The van der Waals surface area contributed by atoms with E-state index in [0.717, 1.165) is 12.1 Å². The zero-order valence-electron chi connectivity index (χ0n) is 18.2. The van der Waals surface area contributed by atoms with Crippen LogP contribution in [0, 0.1) is 0 Å². The minimum Gasteiger partial charge on any atom is -0.490 e. The van der Waals surface area contributed by atoms with Gasteiger partial charge in [-0.1, -0.05) is 18.2 Å². The first-order chi connectivity index (χ1) is 14.9. The summed E-state index contributed by atoms with van der Waals surface area (Å²) in [5, 5.41) is 2.62. The molecule has 1 atom stereocenters. The van der Waals surface area contributed by atoms with E-state index in [4.69, 9.17) is 9.47 Å². The Kier molecular flexibility index (Phi) is 8.07. The van der Waals surface area contributed by atoms with Crippen molar-refractivity contribution < 1.29 is 37.0 Å². The van der Waals surface area contributed by atoms with Gasteiger partial charge in [-0.25, -0.2) is 9.59 Å². The number of alkyl halides is 3. The van der Waals surface area contributed by atoms with Gasteiger partial charge < -0.3 is 19.5 Å². The lowest BCUT2D eigenvalue weighted by Crippen LogP contribution is -2.43. The number of benzene rings is 1. The fourth-order valence-corrected chi connectivity index (χ4v) is 2.71. The van der Waals surface area contributed by atoms with Gasteiger partial charge >= 0.3 is 18.2 Å². The van der Waals surface area contributed by atoms with Gasteiger partial charge in [-0.3, -0.25) is 4.98 Å². The minimum atomic E-state index is -4.49.